The van der Waals surface area contributed by atoms with Crippen LogP contribution in [-0.2, 0) is 11.3 Å². The number of nitrogens with zero attached hydrogens (tertiary/aromatic N) is 5. The molecule has 1 aliphatic heterocycles. The molecule has 2 aromatic rings. The first-order valence-corrected chi connectivity index (χ1v) is 11.9. The second kappa shape index (κ2) is 9.32. The van der Waals surface area contributed by atoms with Gasteiger partial charge in [-0.2, -0.15) is 5.10 Å². The van der Waals surface area contributed by atoms with Crippen molar-refractivity contribution >= 4 is 34.5 Å². The summed E-state index contributed by atoms with van der Waals surface area (Å²) in [6.07, 6.45) is 9.97. The molecule has 0 aromatic carbocycles. The molecular weight excluding hydrogens is 384 g/mol. The normalized spacial score (nSPS) is 18.1. The zero-order valence-corrected chi connectivity index (χ0v) is 18.4. The van der Waals surface area contributed by atoms with E-state index in [2.05, 4.69) is 29.2 Å². The minimum atomic E-state index is 0.191. The Kier molecular flexibility index (Phi) is 6.57. The van der Waals surface area contributed by atoms with Crippen LogP contribution in [0.4, 0.5) is 5.82 Å². The van der Waals surface area contributed by atoms with Gasteiger partial charge in [-0.15, -0.1) is 0 Å². The maximum atomic E-state index is 12.4. The van der Waals surface area contributed by atoms with Crippen molar-refractivity contribution in [3.05, 3.63) is 6.20 Å². The van der Waals surface area contributed by atoms with E-state index in [1.54, 1.807) is 11.8 Å². The van der Waals surface area contributed by atoms with Crippen LogP contribution in [0.15, 0.2) is 11.4 Å². The fourth-order valence-electron chi connectivity index (χ4n) is 4.31. The topological polar surface area (TPSA) is 75.9 Å². The number of hydrogen-bond donors (Lipinski definition) is 1. The number of carbonyl (C=O) groups is 1. The Morgan fingerprint density at radius 2 is 1.93 bits per heavy atom. The molecule has 1 N–H and O–H groups in total. The highest BCUT2D eigenvalue weighted by atomic mass is 32.2. The zero-order valence-electron chi connectivity index (χ0n) is 17.6. The minimum Gasteiger partial charge on any atom is -0.356 e. The van der Waals surface area contributed by atoms with E-state index >= 15 is 0 Å². The van der Waals surface area contributed by atoms with Gasteiger partial charge in [-0.3, -0.25) is 4.79 Å². The van der Waals surface area contributed by atoms with Gasteiger partial charge in [0, 0.05) is 30.8 Å². The van der Waals surface area contributed by atoms with Crippen LogP contribution in [0.25, 0.3) is 11.0 Å². The summed E-state index contributed by atoms with van der Waals surface area (Å²) in [5, 5.41) is 9.94. The van der Waals surface area contributed by atoms with Crippen molar-refractivity contribution in [1.82, 2.24) is 25.1 Å². The van der Waals surface area contributed by atoms with Crippen LogP contribution < -0.4 is 10.2 Å². The van der Waals surface area contributed by atoms with Crippen LogP contribution in [0.1, 0.15) is 58.8 Å². The summed E-state index contributed by atoms with van der Waals surface area (Å²) in [4.78, 5) is 24.4. The quantitative estimate of drug-likeness (QED) is 0.549. The number of thioether (sulfide) groups is 1. The lowest BCUT2D eigenvalue weighted by Crippen LogP contribution is -2.34. The van der Waals surface area contributed by atoms with E-state index in [1.807, 2.05) is 10.9 Å². The lowest BCUT2D eigenvalue weighted by Gasteiger charge is -2.20. The predicted molar refractivity (Wildman–Crippen MR) is 117 cm³/mol. The molecule has 0 spiro atoms. The first-order chi connectivity index (χ1) is 14.1. The molecule has 1 aliphatic carbocycles. The molecular formula is C21H32N6OS. The zero-order chi connectivity index (χ0) is 20.2. The van der Waals surface area contributed by atoms with Gasteiger partial charge < -0.3 is 10.2 Å². The number of fused-ring (bicyclic) bond motifs is 1. The number of aromatic nitrogens is 4. The number of hydrogen-bond acceptors (Lipinski definition) is 6. The highest BCUT2D eigenvalue weighted by Gasteiger charge is 2.22. The fourth-order valence-corrected chi connectivity index (χ4v) is 5.01. The van der Waals surface area contributed by atoms with Crippen LogP contribution in [0.2, 0.25) is 0 Å². The van der Waals surface area contributed by atoms with Gasteiger partial charge in [-0.1, -0.05) is 44.9 Å². The van der Waals surface area contributed by atoms with Crippen molar-refractivity contribution < 1.29 is 4.79 Å². The number of anilines is 1. The summed E-state index contributed by atoms with van der Waals surface area (Å²) in [6, 6.07) is 0. The van der Waals surface area contributed by atoms with Crippen LogP contribution >= 0.6 is 11.8 Å². The van der Waals surface area contributed by atoms with Gasteiger partial charge in [0.25, 0.3) is 0 Å². The monoisotopic (exact) mass is 416 g/mol. The fraction of sp³-hybridized carbons (Fsp3) is 0.714. The molecule has 8 heteroatoms. The SMILES string of the molecule is CC(C)Sc1nc(N2CCCC2)c2cnn(CCNC(=O)C3CCCCC3)c2n1. The molecule has 0 unspecified atom stereocenters. The van der Waals surface area contributed by atoms with Crippen LogP contribution in [-0.4, -0.2) is 50.5 Å². The molecule has 0 bridgehead atoms. The molecule has 2 fully saturated rings. The van der Waals surface area contributed by atoms with E-state index < -0.39 is 0 Å². The van der Waals surface area contributed by atoms with Crippen molar-refractivity contribution in [3.8, 4) is 0 Å². The summed E-state index contributed by atoms with van der Waals surface area (Å²) >= 11 is 1.69. The number of carbonyl (C=O) groups excluding carboxylic acids is 1. The molecule has 158 valence electrons. The molecule has 3 heterocycles. The molecule has 2 aromatic heterocycles. The lowest BCUT2D eigenvalue weighted by atomic mass is 9.89. The molecule has 2 aliphatic rings. The second-order valence-corrected chi connectivity index (χ2v) is 9.97. The van der Waals surface area contributed by atoms with Crippen LogP contribution in [0.3, 0.4) is 0 Å². The second-order valence-electron chi connectivity index (χ2n) is 8.42. The van der Waals surface area contributed by atoms with E-state index in [0.717, 1.165) is 47.9 Å². The maximum Gasteiger partial charge on any atom is 0.223 e. The highest BCUT2D eigenvalue weighted by Crippen LogP contribution is 2.30. The lowest BCUT2D eigenvalue weighted by molar-refractivity contribution is -0.125. The third-order valence-corrected chi connectivity index (χ3v) is 6.67. The molecule has 7 nitrogen and oxygen atoms in total. The molecule has 29 heavy (non-hydrogen) atoms. The summed E-state index contributed by atoms with van der Waals surface area (Å²) in [5.74, 6) is 1.40. The molecule has 1 saturated heterocycles. The number of nitrogens with one attached hydrogen (secondary N) is 1. The van der Waals surface area contributed by atoms with E-state index in [0.29, 0.717) is 18.3 Å². The van der Waals surface area contributed by atoms with E-state index in [1.165, 1.54) is 32.1 Å². The van der Waals surface area contributed by atoms with Crippen LogP contribution in [0, 0.1) is 5.92 Å². The Morgan fingerprint density at radius 1 is 1.17 bits per heavy atom. The summed E-state index contributed by atoms with van der Waals surface area (Å²) in [7, 11) is 0. The summed E-state index contributed by atoms with van der Waals surface area (Å²) < 4.78 is 1.92. The third kappa shape index (κ3) is 4.85. The third-order valence-electron chi connectivity index (χ3n) is 5.80. The van der Waals surface area contributed by atoms with Crippen molar-refractivity contribution in [3.63, 3.8) is 0 Å². The predicted octanol–water partition coefficient (Wildman–Crippen LogP) is 3.62. The van der Waals surface area contributed by atoms with E-state index in [-0.39, 0.29) is 11.8 Å². The van der Waals surface area contributed by atoms with Gasteiger partial charge in [0.05, 0.1) is 18.1 Å². The Bertz CT molecular complexity index is 839. The van der Waals surface area contributed by atoms with Gasteiger partial charge in [0.2, 0.25) is 5.91 Å². The molecule has 4 rings (SSSR count). The number of rotatable bonds is 7. The minimum absolute atomic E-state index is 0.191. The molecule has 1 amide bonds. The first-order valence-electron chi connectivity index (χ1n) is 11.0. The van der Waals surface area contributed by atoms with Crippen molar-refractivity contribution in [2.75, 3.05) is 24.5 Å². The van der Waals surface area contributed by atoms with E-state index in [9.17, 15) is 4.79 Å². The average Bonchev–Trinajstić information content (AvgIpc) is 3.38. The summed E-state index contributed by atoms with van der Waals surface area (Å²) in [6.45, 7) is 7.62. The largest absolute Gasteiger partial charge is 0.356 e. The van der Waals surface area contributed by atoms with Gasteiger partial charge in [0.15, 0.2) is 10.8 Å². The first kappa shape index (κ1) is 20.4. The smallest absolute Gasteiger partial charge is 0.223 e. The van der Waals surface area contributed by atoms with Gasteiger partial charge in [-0.05, 0) is 25.7 Å². The Morgan fingerprint density at radius 3 is 2.66 bits per heavy atom. The van der Waals surface area contributed by atoms with Crippen molar-refractivity contribution in [1.29, 1.82) is 0 Å². The van der Waals surface area contributed by atoms with Crippen molar-refractivity contribution in [2.45, 2.75) is 75.7 Å². The maximum absolute atomic E-state index is 12.4. The van der Waals surface area contributed by atoms with Gasteiger partial charge in [0.1, 0.15) is 5.82 Å². The Labute approximate surface area is 177 Å². The van der Waals surface area contributed by atoms with Crippen molar-refractivity contribution in [2.24, 2.45) is 5.92 Å². The Balaban J connectivity index is 1.50. The average molecular weight is 417 g/mol. The number of amides is 1. The summed E-state index contributed by atoms with van der Waals surface area (Å²) in [5.41, 5.74) is 0.872. The standard InChI is InChI=1S/C21H32N6OS/c1-15(2)29-21-24-18(26-11-6-7-12-26)17-14-23-27(19(17)25-21)13-10-22-20(28)16-8-4-3-5-9-16/h14-16H,3-13H2,1-2H3,(H,22,28). The van der Waals surface area contributed by atoms with Gasteiger partial charge in [-0.25, -0.2) is 14.6 Å². The Hall–Kier alpha value is -1.83. The molecule has 0 atom stereocenters. The van der Waals surface area contributed by atoms with Gasteiger partial charge >= 0.3 is 0 Å². The van der Waals surface area contributed by atoms with Crippen LogP contribution in [0.5, 0.6) is 0 Å². The van der Waals surface area contributed by atoms with E-state index in [4.69, 9.17) is 9.97 Å². The molecule has 0 radical (unpaired) electrons. The highest BCUT2D eigenvalue weighted by molar-refractivity contribution is 7.99. The molecule has 1 saturated carbocycles.